The van der Waals surface area contributed by atoms with Crippen molar-refractivity contribution in [3.05, 3.63) is 89.5 Å². The molecule has 13 nitrogen and oxygen atoms in total. The van der Waals surface area contributed by atoms with Crippen LogP contribution in [-0.2, 0) is 44.6 Å². The lowest BCUT2D eigenvalue weighted by Crippen LogP contribution is -2.54. The first-order valence-corrected chi connectivity index (χ1v) is 15.8. The SMILES string of the molecule is COC(=O)CCC(=O)Nc1ccc(C[C@H](NC(=O)C(C)NC(=O)C(C)NC(=O)OCC2c3ccccc3-c3ccccc32)C(=O)OC)cc1. The number of carbonyl (C=O) groups is 6. The van der Waals surface area contributed by atoms with Gasteiger partial charge in [-0.15, -0.1) is 0 Å². The predicted octanol–water partition coefficient (Wildman–Crippen LogP) is 3.21. The van der Waals surface area contributed by atoms with Crippen LogP contribution < -0.4 is 21.3 Å². The molecule has 0 saturated heterocycles. The van der Waals surface area contributed by atoms with Gasteiger partial charge in [-0.05, 0) is 53.8 Å². The minimum atomic E-state index is -1.08. The summed E-state index contributed by atoms with van der Waals surface area (Å²) >= 11 is 0. The van der Waals surface area contributed by atoms with E-state index in [0.717, 1.165) is 22.3 Å². The summed E-state index contributed by atoms with van der Waals surface area (Å²) in [7, 11) is 2.44. The average molecular weight is 673 g/mol. The molecule has 258 valence electrons. The molecule has 0 aliphatic heterocycles. The predicted molar refractivity (Wildman–Crippen MR) is 179 cm³/mol. The van der Waals surface area contributed by atoms with Gasteiger partial charge in [0.25, 0.3) is 0 Å². The molecule has 2 unspecified atom stereocenters. The van der Waals surface area contributed by atoms with Gasteiger partial charge < -0.3 is 35.5 Å². The molecule has 1 aliphatic rings. The van der Waals surface area contributed by atoms with Crippen LogP contribution in [0.2, 0.25) is 0 Å². The summed E-state index contributed by atoms with van der Waals surface area (Å²) in [6, 6.07) is 19.3. The van der Waals surface area contributed by atoms with Gasteiger partial charge in [-0.1, -0.05) is 60.7 Å². The Kier molecular flexibility index (Phi) is 12.5. The van der Waals surface area contributed by atoms with Crippen LogP contribution in [0.1, 0.15) is 49.3 Å². The van der Waals surface area contributed by atoms with Crippen LogP contribution in [0.15, 0.2) is 72.8 Å². The fraction of sp³-hybridized carbons (Fsp3) is 0.333. The minimum absolute atomic E-state index is 0.0379. The monoisotopic (exact) mass is 672 g/mol. The van der Waals surface area contributed by atoms with Gasteiger partial charge in [0.2, 0.25) is 17.7 Å². The molecule has 3 aromatic rings. The third kappa shape index (κ3) is 9.66. The molecule has 49 heavy (non-hydrogen) atoms. The van der Waals surface area contributed by atoms with Gasteiger partial charge in [-0.25, -0.2) is 9.59 Å². The van der Waals surface area contributed by atoms with Gasteiger partial charge in [0.1, 0.15) is 24.7 Å². The molecule has 0 bridgehead atoms. The molecule has 0 radical (unpaired) electrons. The maximum absolute atomic E-state index is 13.0. The Morgan fingerprint density at radius 3 is 1.86 bits per heavy atom. The van der Waals surface area contributed by atoms with Crippen LogP contribution >= 0.6 is 0 Å². The number of benzene rings is 3. The van der Waals surface area contributed by atoms with Crippen LogP contribution in [0, 0.1) is 0 Å². The van der Waals surface area contributed by atoms with E-state index >= 15 is 0 Å². The quantitative estimate of drug-likeness (QED) is 0.148. The van der Waals surface area contributed by atoms with Gasteiger partial charge in [0.05, 0.1) is 20.6 Å². The van der Waals surface area contributed by atoms with Gasteiger partial charge in [0, 0.05) is 24.4 Å². The molecule has 0 heterocycles. The summed E-state index contributed by atoms with van der Waals surface area (Å²) < 4.78 is 14.9. The van der Waals surface area contributed by atoms with Crippen molar-refractivity contribution in [1.29, 1.82) is 0 Å². The summed E-state index contributed by atoms with van der Waals surface area (Å²) in [4.78, 5) is 74.3. The summed E-state index contributed by atoms with van der Waals surface area (Å²) in [6.07, 6.45) is -0.799. The third-order valence-corrected chi connectivity index (χ3v) is 8.09. The number of fused-ring (bicyclic) bond motifs is 3. The summed E-state index contributed by atoms with van der Waals surface area (Å²) in [6.45, 7) is 2.99. The molecule has 4 N–H and O–H groups in total. The number of nitrogens with one attached hydrogen (secondary N) is 4. The molecule has 4 amide bonds. The zero-order valence-electron chi connectivity index (χ0n) is 27.7. The van der Waals surface area contributed by atoms with Gasteiger partial charge in [-0.3, -0.25) is 19.2 Å². The first kappa shape index (κ1) is 36.1. The molecular weight excluding hydrogens is 632 g/mol. The molecule has 0 aromatic heterocycles. The van der Waals surface area contributed by atoms with E-state index in [2.05, 4.69) is 26.0 Å². The van der Waals surface area contributed by atoms with Crippen molar-refractivity contribution in [2.75, 3.05) is 26.1 Å². The van der Waals surface area contributed by atoms with Crippen molar-refractivity contribution < 1.29 is 43.0 Å². The molecule has 0 fully saturated rings. The van der Waals surface area contributed by atoms with Crippen molar-refractivity contribution in [3.63, 3.8) is 0 Å². The minimum Gasteiger partial charge on any atom is -0.469 e. The van der Waals surface area contributed by atoms with E-state index in [1.54, 1.807) is 24.3 Å². The van der Waals surface area contributed by atoms with E-state index in [4.69, 9.17) is 9.47 Å². The molecular formula is C36H40N4O9. The molecule has 3 atom stereocenters. The smallest absolute Gasteiger partial charge is 0.407 e. The largest absolute Gasteiger partial charge is 0.469 e. The van der Waals surface area contributed by atoms with Crippen molar-refractivity contribution in [2.45, 2.75) is 57.2 Å². The van der Waals surface area contributed by atoms with E-state index in [0.29, 0.717) is 11.3 Å². The normalized spacial score (nSPS) is 13.4. The number of amides is 4. The highest BCUT2D eigenvalue weighted by Gasteiger charge is 2.30. The van der Waals surface area contributed by atoms with Gasteiger partial charge in [-0.2, -0.15) is 0 Å². The summed E-state index contributed by atoms with van der Waals surface area (Å²) in [5, 5.41) is 10.3. The van der Waals surface area contributed by atoms with E-state index in [9.17, 15) is 28.8 Å². The fourth-order valence-electron chi connectivity index (χ4n) is 5.42. The van der Waals surface area contributed by atoms with Crippen LogP contribution in [0.25, 0.3) is 11.1 Å². The number of rotatable bonds is 14. The lowest BCUT2D eigenvalue weighted by atomic mass is 9.98. The Balaban J connectivity index is 1.25. The molecule has 3 aromatic carbocycles. The molecule has 0 saturated carbocycles. The number of methoxy groups -OCH3 is 2. The molecule has 4 rings (SSSR count). The second kappa shape index (κ2) is 16.9. The van der Waals surface area contributed by atoms with Crippen LogP contribution in [0.3, 0.4) is 0 Å². The number of hydrogen-bond acceptors (Lipinski definition) is 9. The number of carbonyl (C=O) groups excluding carboxylic acids is 6. The third-order valence-electron chi connectivity index (χ3n) is 8.09. The number of anilines is 1. The van der Waals surface area contributed by atoms with E-state index in [-0.39, 0.29) is 37.7 Å². The van der Waals surface area contributed by atoms with Gasteiger partial charge in [0.15, 0.2) is 0 Å². The highest BCUT2D eigenvalue weighted by atomic mass is 16.5. The van der Waals surface area contributed by atoms with Crippen LogP contribution in [-0.4, -0.2) is 74.7 Å². The zero-order valence-corrected chi connectivity index (χ0v) is 27.7. The second-order valence-electron chi connectivity index (χ2n) is 11.5. The van der Waals surface area contributed by atoms with E-state index < -0.39 is 48.0 Å². The average Bonchev–Trinajstić information content (AvgIpc) is 3.43. The van der Waals surface area contributed by atoms with Crippen LogP contribution in [0.5, 0.6) is 0 Å². The maximum Gasteiger partial charge on any atom is 0.407 e. The number of alkyl carbamates (subject to hydrolysis) is 1. The number of hydrogen-bond donors (Lipinski definition) is 4. The maximum atomic E-state index is 13.0. The number of ether oxygens (including phenoxy) is 3. The van der Waals surface area contributed by atoms with Crippen molar-refractivity contribution in [2.24, 2.45) is 0 Å². The standard InChI is InChI=1S/C36H40N4O9/c1-21(34(44)40-30(35(45)48-4)19-23-13-15-24(16-14-23)39-31(41)17-18-32(42)47-3)37-33(43)22(2)38-36(46)49-20-29-27-11-7-5-9-25(27)26-10-6-8-12-28(26)29/h5-16,21-22,29-30H,17-20H2,1-4H3,(H,37,43)(H,38,46)(H,39,41)(H,40,44)/t21?,22?,30-/m0/s1. The number of esters is 2. The molecule has 1 aliphatic carbocycles. The fourth-order valence-corrected chi connectivity index (χ4v) is 5.42. The Bertz CT molecular complexity index is 1650. The Morgan fingerprint density at radius 1 is 0.694 bits per heavy atom. The molecule has 0 spiro atoms. The first-order valence-electron chi connectivity index (χ1n) is 15.8. The van der Waals surface area contributed by atoms with Crippen molar-refractivity contribution in [3.8, 4) is 11.1 Å². The Morgan fingerprint density at radius 2 is 1.27 bits per heavy atom. The van der Waals surface area contributed by atoms with E-state index in [1.807, 2.05) is 48.5 Å². The first-order chi connectivity index (χ1) is 23.5. The summed E-state index contributed by atoms with van der Waals surface area (Å²) in [5.41, 5.74) is 5.43. The van der Waals surface area contributed by atoms with Gasteiger partial charge >= 0.3 is 18.0 Å². The zero-order chi connectivity index (χ0) is 35.5. The van der Waals surface area contributed by atoms with Crippen LogP contribution in [0.4, 0.5) is 10.5 Å². The summed E-state index contributed by atoms with van der Waals surface area (Å²) in [5.74, 6) is -2.97. The van der Waals surface area contributed by atoms with Crippen molar-refractivity contribution >= 4 is 41.4 Å². The Hall–Kier alpha value is -5.72. The topological polar surface area (TPSA) is 178 Å². The molecule has 13 heteroatoms. The second-order valence-corrected chi connectivity index (χ2v) is 11.5. The lowest BCUT2D eigenvalue weighted by Gasteiger charge is -2.22. The van der Waals surface area contributed by atoms with E-state index in [1.165, 1.54) is 28.1 Å². The lowest BCUT2D eigenvalue weighted by molar-refractivity contribution is -0.145. The van der Waals surface area contributed by atoms with Crippen molar-refractivity contribution in [1.82, 2.24) is 16.0 Å². The highest BCUT2D eigenvalue weighted by Crippen LogP contribution is 2.44. The highest BCUT2D eigenvalue weighted by molar-refractivity contribution is 5.93. The Labute approximate surface area is 284 Å².